The minimum Gasteiger partial charge on any atom is -0.295 e. The molecule has 0 atom stereocenters. The van der Waals surface area contributed by atoms with Gasteiger partial charge in [0, 0.05) is 11.8 Å². The predicted molar refractivity (Wildman–Crippen MR) is 111 cm³/mol. The lowest BCUT2D eigenvalue weighted by Crippen LogP contribution is -2.19. The summed E-state index contributed by atoms with van der Waals surface area (Å²) in [5.41, 5.74) is 4.45. The fourth-order valence-electron chi connectivity index (χ4n) is 3.28. The fourth-order valence-corrected chi connectivity index (χ4v) is 3.28. The van der Waals surface area contributed by atoms with Gasteiger partial charge >= 0.3 is 0 Å². The standard InChI is InChI=1S/C22H21N5O/c1-15-14-20(26(24-15)18-10-6-4-7-11-18)23-16(2)21-17(3)25-27(22(21)28)19-12-8-5-9-13-19/h4-14,25H,1-3H3. The van der Waals surface area contributed by atoms with E-state index < -0.39 is 0 Å². The molecule has 28 heavy (non-hydrogen) atoms. The average Bonchev–Trinajstić information content (AvgIpc) is 3.21. The molecule has 0 radical (unpaired) electrons. The molecule has 6 heteroatoms. The summed E-state index contributed by atoms with van der Waals surface area (Å²) < 4.78 is 3.33. The Morgan fingerprint density at radius 1 is 0.964 bits per heavy atom. The molecule has 0 fully saturated rings. The first-order chi connectivity index (χ1) is 13.5. The average molecular weight is 371 g/mol. The van der Waals surface area contributed by atoms with Crippen molar-refractivity contribution in [2.75, 3.05) is 0 Å². The molecule has 0 aliphatic heterocycles. The third kappa shape index (κ3) is 3.20. The minimum atomic E-state index is -0.118. The van der Waals surface area contributed by atoms with E-state index in [1.54, 1.807) is 9.36 Å². The molecule has 0 saturated carbocycles. The summed E-state index contributed by atoms with van der Waals surface area (Å²) in [7, 11) is 0. The number of aryl methyl sites for hydroxylation is 2. The molecule has 0 unspecified atom stereocenters. The van der Waals surface area contributed by atoms with E-state index in [1.165, 1.54) is 0 Å². The first-order valence-corrected chi connectivity index (χ1v) is 9.09. The van der Waals surface area contributed by atoms with Gasteiger partial charge in [-0.3, -0.25) is 9.89 Å². The number of aliphatic imine (C=N–C) groups is 1. The van der Waals surface area contributed by atoms with Gasteiger partial charge in [-0.1, -0.05) is 36.4 Å². The molecule has 0 saturated heterocycles. The maximum Gasteiger partial charge on any atom is 0.280 e. The number of H-pyrrole nitrogens is 1. The van der Waals surface area contributed by atoms with Crippen LogP contribution in [-0.2, 0) is 0 Å². The van der Waals surface area contributed by atoms with E-state index in [2.05, 4.69) is 10.2 Å². The van der Waals surface area contributed by atoms with E-state index in [-0.39, 0.29) is 5.56 Å². The van der Waals surface area contributed by atoms with E-state index in [4.69, 9.17) is 4.99 Å². The maximum atomic E-state index is 13.0. The molecule has 2 aromatic carbocycles. The van der Waals surface area contributed by atoms with Crippen LogP contribution in [0.2, 0.25) is 0 Å². The Labute approximate surface area is 162 Å². The Morgan fingerprint density at radius 3 is 2.21 bits per heavy atom. The van der Waals surface area contributed by atoms with Crippen LogP contribution in [0.3, 0.4) is 0 Å². The van der Waals surface area contributed by atoms with Gasteiger partial charge in [-0.05, 0) is 45.0 Å². The van der Waals surface area contributed by atoms with Crippen LogP contribution in [0, 0.1) is 13.8 Å². The van der Waals surface area contributed by atoms with Gasteiger partial charge in [-0.25, -0.2) is 14.4 Å². The van der Waals surface area contributed by atoms with Gasteiger partial charge in [-0.15, -0.1) is 0 Å². The third-order valence-corrected chi connectivity index (χ3v) is 4.54. The van der Waals surface area contributed by atoms with Crippen molar-refractivity contribution >= 4 is 11.5 Å². The molecular weight excluding hydrogens is 350 g/mol. The first-order valence-electron chi connectivity index (χ1n) is 9.09. The number of para-hydroxylation sites is 2. The number of hydrogen-bond acceptors (Lipinski definition) is 3. The van der Waals surface area contributed by atoms with E-state index in [0.717, 1.165) is 22.8 Å². The number of aromatic nitrogens is 4. The van der Waals surface area contributed by atoms with Crippen molar-refractivity contribution in [3.05, 3.63) is 94.0 Å². The fraction of sp³-hybridized carbons (Fsp3) is 0.136. The second kappa shape index (κ2) is 7.15. The molecular formula is C22H21N5O. The molecule has 2 aromatic heterocycles. The number of aromatic amines is 1. The van der Waals surface area contributed by atoms with Crippen LogP contribution >= 0.6 is 0 Å². The SMILES string of the molecule is CC(=Nc1cc(C)nn1-c1ccccc1)c1c(C)[nH]n(-c2ccccc2)c1=O. The summed E-state index contributed by atoms with van der Waals surface area (Å²) in [6.07, 6.45) is 0. The Balaban J connectivity index is 1.80. The lowest BCUT2D eigenvalue weighted by atomic mass is 10.2. The van der Waals surface area contributed by atoms with Crippen molar-refractivity contribution in [1.29, 1.82) is 0 Å². The number of nitrogens with zero attached hydrogens (tertiary/aromatic N) is 4. The highest BCUT2D eigenvalue weighted by molar-refractivity contribution is 6.00. The summed E-state index contributed by atoms with van der Waals surface area (Å²) >= 11 is 0. The molecule has 4 rings (SSSR count). The summed E-state index contributed by atoms with van der Waals surface area (Å²) in [4.78, 5) is 17.7. The van der Waals surface area contributed by atoms with Crippen LogP contribution in [0.4, 0.5) is 5.82 Å². The largest absolute Gasteiger partial charge is 0.295 e. The summed E-state index contributed by atoms with van der Waals surface area (Å²) in [5, 5.41) is 7.69. The zero-order chi connectivity index (χ0) is 19.7. The lowest BCUT2D eigenvalue weighted by molar-refractivity contribution is 0.835. The Bertz CT molecular complexity index is 1200. The van der Waals surface area contributed by atoms with Crippen molar-refractivity contribution in [2.24, 2.45) is 4.99 Å². The van der Waals surface area contributed by atoms with E-state index in [0.29, 0.717) is 17.1 Å². The monoisotopic (exact) mass is 371 g/mol. The number of nitrogens with one attached hydrogen (secondary N) is 1. The van der Waals surface area contributed by atoms with Gasteiger partial charge in [0.15, 0.2) is 5.82 Å². The van der Waals surface area contributed by atoms with E-state index in [1.807, 2.05) is 87.5 Å². The Kier molecular flexibility index (Phi) is 4.53. The summed E-state index contributed by atoms with van der Waals surface area (Å²) in [6, 6.07) is 21.3. The molecule has 2 heterocycles. The molecule has 1 N–H and O–H groups in total. The minimum absolute atomic E-state index is 0.118. The zero-order valence-corrected chi connectivity index (χ0v) is 16.0. The van der Waals surface area contributed by atoms with Crippen molar-refractivity contribution < 1.29 is 0 Å². The second-order valence-electron chi connectivity index (χ2n) is 6.68. The second-order valence-corrected chi connectivity index (χ2v) is 6.68. The summed E-state index contributed by atoms with van der Waals surface area (Å²) in [5.74, 6) is 0.687. The number of benzene rings is 2. The quantitative estimate of drug-likeness (QED) is 0.549. The van der Waals surface area contributed by atoms with Crippen molar-refractivity contribution in [1.82, 2.24) is 19.6 Å². The van der Waals surface area contributed by atoms with Gasteiger partial charge in [0.2, 0.25) is 0 Å². The third-order valence-electron chi connectivity index (χ3n) is 4.54. The molecule has 0 spiro atoms. The van der Waals surface area contributed by atoms with E-state index in [9.17, 15) is 4.79 Å². The van der Waals surface area contributed by atoms with Gasteiger partial charge in [0.25, 0.3) is 5.56 Å². The topological polar surface area (TPSA) is 68.0 Å². The highest BCUT2D eigenvalue weighted by atomic mass is 16.1. The van der Waals surface area contributed by atoms with Gasteiger partial charge < -0.3 is 0 Å². The highest BCUT2D eigenvalue weighted by Gasteiger charge is 2.16. The van der Waals surface area contributed by atoms with Crippen LogP contribution in [0.5, 0.6) is 0 Å². The van der Waals surface area contributed by atoms with Crippen molar-refractivity contribution in [2.45, 2.75) is 20.8 Å². The van der Waals surface area contributed by atoms with Gasteiger partial charge in [0.1, 0.15) is 0 Å². The number of hydrogen-bond donors (Lipinski definition) is 1. The Hall–Kier alpha value is -3.67. The van der Waals surface area contributed by atoms with Crippen LogP contribution in [0.25, 0.3) is 11.4 Å². The predicted octanol–water partition coefficient (Wildman–Crippen LogP) is 4.11. The molecule has 0 aliphatic rings. The highest BCUT2D eigenvalue weighted by Crippen LogP contribution is 2.21. The molecule has 140 valence electrons. The lowest BCUT2D eigenvalue weighted by Gasteiger charge is -2.04. The van der Waals surface area contributed by atoms with Gasteiger partial charge in [-0.2, -0.15) is 5.10 Å². The van der Waals surface area contributed by atoms with Crippen molar-refractivity contribution in [3.8, 4) is 11.4 Å². The molecule has 0 aliphatic carbocycles. The van der Waals surface area contributed by atoms with Crippen LogP contribution in [0.1, 0.15) is 23.9 Å². The zero-order valence-electron chi connectivity index (χ0n) is 16.0. The smallest absolute Gasteiger partial charge is 0.280 e. The Morgan fingerprint density at radius 2 is 1.57 bits per heavy atom. The molecule has 0 amide bonds. The van der Waals surface area contributed by atoms with Crippen molar-refractivity contribution in [3.63, 3.8) is 0 Å². The van der Waals surface area contributed by atoms with Crippen LogP contribution in [0.15, 0.2) is 76.5 Å². The summed E-state index contributed by atoms with van der Waals surface area (Å²) in [6.45, 7) is 5.66. The van der Waals surface area contributed by atoms with Crippen LogP contribution in [-0.4, -0.2) is 25.3 Å². The van der Waals surface area contributed by atoms with E-state index >= 15 is 0 Å². The molecule has 6 nitrogen and oxygen atoms in total. The first kappa shape index (κ1) is 17.7. The molecule has 4 aromatic rings. The maximum absolute atomic E-state index is 13.0. The number of rotatable bonds is 4. The molecule has 0 bridgehead atoms. The van der Waals surface area contributed by atoms with Crippen LogP contribution < -0.4 is 5.56 Å². The van der Waals surface area contributed by atoms with Gasteiger partial charge in [0.05, 0.1) is 28.3 Å². The normalized spacial score (nSPS) is 11.8.